The summed E-state index contributed by atoms with van der Waals surface area (Å²) in [5.41, 5.74) is 3.36. The van der Waals surface area contributed by atoms with Crippen LogP contribution in [0.2, 0.25) is 0 Å². The molecule has 3 heterocycles. The van der Waals surface area contributed by atoms with E-state index in [1.807, 2.05) is 59.5 Å². The largest absolute Gasteiger partial charge is 0.497 e. The molecule has 1 aromatic heterocycles. The molecule has 7 nitrogen and oxygen atoms in total. The predicted molar refractivity (Wildman–Crippen MR) is 164 cm³/mol. The Morgan fingerprint density at radius 2 is 1.69 bits per heavy atom. The molecule has 1 saturated heterocycles. The van der Waals surface area contributed by atoms with Gasteiger partial charge < -0.3 is 9.64 Å². The van der Waals surface area contributed by atoms with Crippen molar-refractivity contribution in [2.45, 2.75) is 25.0 Å². The number of anilines is 1. The number of piperidine rings is 1. The van der Waals surface area contributed by atoms with Crippen molar-refractivity contribution in [3.63, 3.8) is 0 Å². The number of carbonyl (C=O) groups is 2. The molecule has 1 fully saturated rings. The van der Waals surface area contributed by atoms with Crippen molar-refractivity contribution < 1.29 is 18.7 Å². The molecule has 0 N–H and O–H groups in total. The summed E-state index contributed by atoms with van der Waals surface area (Å²) in [6.07, 6.45) is 1.89. The molecular formula is C33H33FN4O3S. The van der Waals surface area contributed by atoms with Crippen LogP contribution in [0.3, 0.4) is 0 Å². The minimum Gasteiger partial charge on any atom is -0.497 e. The molecule has 1 unspecified atom stereocenters. The van der Waals surface area contributed by atoms with E-state index in [1.54, 1.807) is 34.9 Å². The van der Waals surface area contributed by atoms with Gasteiger partial charge in [-0.05, 0) is 49.1 Å². The van der Waals surface area contributed by atoms with Gasteiger partial charge >= 0.3 is 0 Å². The normalized spacial score (nSPS) is 17.6. The summed E-state index contributed by atoms with van der Waals surface area (Å²) < 4.78 is 22.5. The summed E-state index contributed by atoms with van der Waals surface area (Å²) in [5.74, 6) is 1.17. The number of halogens is 1. The predicted octanol–water partition coefficient (Wildman–Crippen LogP) is 6.11. The van der Waals surface area contributed by atoms with Gasteiger partial charge in [-0.3, -0.25) is 14.5 Å². The number of ether oxygens (including phenoxy) is 1. The first-order valence-electron chi connectivity index (χ1n) is 14.2. The van der Waals surface area contributed by atoms with Crippen molar-refractivity contribution in [3.8, 4) is 22.7 Å². The molecule has 2 aliphatic rings. The number of rotatable bonds is 6. The van der Waals surface area contributed by atoms with E-state index in [2.05, 4.69) is 6.92 Å². The summed E-state index contributed by atoms with van der Waals surface area (Å²) in [4.78, 5) is 31.0. The van der Waals surface area contributed by atoms with Gasteiger partial charge in [0, 0.05) is 29.8 Å². The Balaban J connectivity index is 1.56. The van der Waals surface area contributed by atoms with Crippen LogP contribution in [0.1, 0.15) is 36.1 Å². The maximum Gasteiger partial charge on any atom is 0.242 e. The van der Waals surface area contributed by atoms with Gasteiger partial charge in [0.25, 0.3) is 0 Å². The zero-order chi connectivity index (χ0) is 29.2. The van der Waals surface area contributed by atoms with E-state index >= 15 is 4.39 Å². The number of carbonyl (C=O) groups excluding carboxylic acids is 2. The van der Waals surface area contributed by atoms with Crippen molar-refractivity contribution in [1.82, 2.24) is 14.7 Å². The Morgan fingerprint density at radius 1 is 1.00 bits per heavy atom. The van der Waals surface area contributed by atoms with Gasteiger partial charge in [0.15, 0.2) is 0 Å². The third kappa shape index (κ3) is 5.41. The second kappa shape index (κ2) is 12.0. The highest BCUT2D eigenvalue weighted by Crippen LogP contribution is 2.49. The van der Waals surface area contributed by atoms with Crippen LogP contribution >= 0.6 is 11.8 Å². The van der Waals surface area contributed by atoms with E-state index in [4.69, 9.17) is 9.84 Å². The molecule has 2 amide bonds. The van der Waals surface area contributed by atoms with Gasteiger partial charge in [0.05, 0.1) is 29.5 Å². The number of amides is 2. The average Bonchev–Trinajstić information content (AvgIpc) is 3.35. The molecule has 0 saturated carbocycles. The van der Waals surface area contributed by atoms with E-state index in [0.717, 1.165) is 18.4 Å². The van der Waals surface area contributed by atoms with Crippen LogP contribution in [0.25, 0.3) is 16.9 Å². The molecule has 0 spiro atoms. The monoisotopic (exact) mass is 584 g/mol. The van der Waals surface area contributed by atoms with Gasteiger partial charge in [0.1, 0.15) is 23.9 Å². The molecule has 4 aromatic rings. The highest BCUT2D eigenvalue weighted by atomic mass is 32.2. The maximum absolute atomic E-state index is 15.4. The molecular weight excluding hydrogens is 551 g/mol. The van der Waals surface area contributed by atoms with Crippen molar-refractivity contribution in [2.75, 3.05) is 37.4 Å². The first kappa shape index (κ1) is 28.0. The zero-order valence-electron chi connectivity index (χ0n) is 23.7. The van der Waals surface area contributed by atoms with Crippen LogP contribution in [-0.4, -0.2) is 59.0 Å². The number of methoxy groups -OCH3 is 1. The molecule has 3 aromatic carbocycles. The number of hydrogen-bond donors (Lipinski definition) is 0. The fourth-order valence-corrected chi connectivity index (χ4v) is 6.88. The van der Waals surface area contributed by atoms with Gasteiger partial charge in [-0.1, -0.05) is 55.5 Å². The fourth-order valence-electron chi connectivity index (χ4n) is 5.66. The van der Waals surface area contributed by atoms with E-state index < -0.39 is 5.25 Å². The molecule has 9 heteroatoms. The van der Waals surface area contributed by atoms with Crippen molar-refractivity contribution in [1.29, 1.82) is 0 Å². The van der Waals surface area contributed by atoms with E-state index in [-0.39, 0.29) is 29.9 Å². The fraction of sp³-hybridized carbons (Fsp3) is 0.303. The van der Waals surface area contributed by atoms with Crippen LogP contribution in [0.4, 0.5) is 10.2 Å². The van der Waals surface area contributed by atoms with Gasteiger partial charge in [-0.2, -0.15) is 5.10 Å². The van der Waals surface area contributed by atoms with Crippen LogP contribution in [0, 0.1) is 11.7 Å². The number of nitrogens with zero attached hydrogens (tertiary/aromatic N) is 4. The van der Waals surface area contributed by atoms with Crippen LogP contribution in [0.5, 0.6) is 5.75 Å². The lowest BCUT2D eigenvalue weighted by Crippen LogP contribution is -2.46. The number of benzene rings is 3. The second-order valence-electron chi connectivity index (χ2n) is 10.8. The molecule has 2 aliphatic heterocycles. The van der Waals surface area contributed by atoms with Crippen LogP contribution in [-0.2, 0) is 9.59 Å². The summed E-state index contributed by atoms with van der Waals surface area (Å²) in [6.45, 7) is 3.44. The van der Waals surface area contributed by atoms with Gasteiger partial charge in [-0.25, -0.2) is 9.07 Å². The standard InChI is InChI=1S/C33H33FN4O3S/c1-22-16-18-36(19-17-22)28(39)20-37-29(40)21-42-32(26-10-6-7-11-27(26)34)30-31(23-8-4-3-5-9-23)35-38(33(30)37)24-12-14-25(41-2)15-13-24/h3-15,22,32H,16-21H2,1-2H3. The van der Waals surface area contributed by atoms with Crippen LogP contribution in [0.15, 0.2) is 78.9 Å². The number of hydrogen-bond acceptors (Lipinski definition) is 5. The Kier molecular flexibility index (Phi) is 8.02. The lowest BCUT2D eigenvalue weighted by Gasteiger charge is -2.32. The summed E-state index contributed by atoms with van der Waals surface area (Å²) in [5, 5.41) is 4.55. The first-order valence-corrected chi connectivity index (χ1v) is 15.3. The maximum atomic E-state index is 15.4. The van der Waals surface area contributed by atoms with Crippen molar-refractivity contribution in [3.05, 3.63) is 95.8 Å². The minimum absolute atomic E-state index is 0.0921. The number of aromatic nitrogens is 2. The van der Waals surface area contributed by atoms with Crippen molar-refractivity contribution >= 4 is 29.4 Å². The Hall–Kier alpha value is -4.11. The summed E-state index contributed by atoms with van der Waals surface area (Å²) in [7, 11) is 1.60. The molecule has 0 bridgehead atoms. The molecule has 42 heavy (non-hydrogen) atoms. The first-order chi connectivity index (χ1) is 20.4. The quantitative estimate of drug-likeness (QED) is 0.273. The molecule has 0 aliphatic carbocycles. The molecule has 1 atom stereocenters. The summed E-state index contributed by atoms with van der Waals surface area (Å²) in [6, 6.07) is 23.8. The average molecular weight is 585 g/mol. The van der Waals surface area contributed by atoms with E-state index in [9.17, 15) is 9.59 Å². The summed E-state index contributed by atoms with van der Waals surface area (Å²) >= 11 is 1.36. The zero-order valence-corrected chi connectivity index (χ0v) is 24.5. The lowest BCUT2D eigenvalue weighted by atomic mass is 9.98. The van der Waals surface area contributed by atoms with E-state index in [1.165, 1.54) is 17.8 Å². The number of thioether (sulfide) groups is 1. The topological polar surface area (TPSA) is 67.7 Å². The molecule has 216 valence electrons. The number of likely N-dealkylation sites (tertiary alicyclic amines) is 1. The lowest BCUT2D eigenvalue weighted by molar-refractivity contribution is -0.132. The molecule has 0 radical (unpaired) electrons. The van der Waals surface area contributed by atoms with Gasteiger partial charge in [0.2, 0.25) is 11.8 Å². The third-order valence-corrected chi connectivity index (χ3v) is 9.31. The Labute approximate surface area is 249 Å². The van der Waals surface area contributed by atoms with Crippen molar-refractivity contribution in [2.24, 2.45) is 5.92 Å². The molecule has 6 rings (SSSR count). The van der Waals surface area contributed by atoms with Gasteiger partial charge in [-0.15, -0.1) is 11.8 Å². The third-order valence-electron chi connectivity index (χ3n) is 8.07. The van der Waals surface area contributed by atoms with Crippen LogP contribution < -0.4 is 9.64 Å². The Bertz CT molecular complexity index is 1580. The Morgan fingerprint density at radius 3 is 2.38 bits per heavy atom. The number of fused-ring (bicyclic) bond motifs is 1. The minimum atomic E-state index is -0.525. The SMILES string of the molecule is COc1ccc(-n2nc(-c3ccccc3)c3c2N(CC(=O)N2CCC(C)CC2)C(=O)CSC3c2ccccc2F)cc1. The van der Waals surface area contributed by atoms with E-state index in [0.29, 0.717) is 53.1 Å². The smallest absolute Gasteiger partial charge is 0.242 e. The highest BCUT2D eigenvalue weighted by Gasteiger charge is 2.39. The second-order valence-corrected chi connectivity index (χ2v) is 11.9. The highest BCUT2D eigenvalue weighted by molar-refractivity contribution is 8.00.